The molecule has 0 atom stereocenters. The molecule has 0 aliphatic heterocycles. The second-order valence-electron chi connectivity index (χ2n) is 2.20. The van der Waals surface area contributed by atoms with Gasteiger partial charge in [-0.15, -0.1) is 4.79 Å². The van der Waals surface area contributed by atoms with Gasteiger partial charge >= 0.3 is 0 Å². The van der Waals surface area contributed by atoms with Crippen molar-refractivity contribution in [1.29, 1.82) is 0 Å². The maximum atomic E-state index is 12.8. The Labute approximate surface area is 67.2 Å². The molecule has 0 aliphatic rings. The first kappa shape index (κ1) is 6.96. The van der Waals surface area contributed by atoms with Gasteiger partial charge in [0.05, 0.1) is 0 Å². The highest BCUT2D eigenvalue weighted by atomic mass is 19.2. The van der Waals surface area contributed by atoms with Gasteiger partial charge in [-0.3, -0.25) is 0 Å². The van der Waals surface area contributed by atoms with Gasteiger partial charge in [0.1, 0.15) is 12.7 Å². The average molecular weight is 167 g/mol. The second-order valence-corrected chi connectivity index (χ2v) is 2.20. The topological polar surface area (TPSA) is 55.6 Å². The lowest BCUT2D eigenvalue weighted by Gasteiger charge is -1.96. The molecule has 2 heterocycles. The molecule has 0 aromatic carbocycles. The maximum Gasteiger partial charge on any atom is 0.195 e. The van der Waals surface area contributed by atoms with Crippen molar-refractivity contribution in [2.45, 2.75) is 0 Å². The SMILES string of the molecule is CNc1ncnc2c1ncn2F. The van der Waals surface area contributed by atoms with Gasteiger partial charge in [0.15, 0.2) is 17.0 Å². The molecule has 0 aliphatic carbocycles. The lowest BCUT2D eigenvalue weighted by Crippen LogP contribution is -1.94. The van der Waals surface area contributed by atoms with Gasteiger partial charge in [-0.1, -0.05) is 4.48 Å². The van der Waals surface area contributed by atoms with E-state index in [9.17, 15) is 4.48 Å². The molecular weight excluding hydrogens is 161 g/mol. The molecule has 0 amide bonds. The van der Waals surface area contributed by atoms with Crippen molar-refractivity contribution in [2.24, 2.45) is 0 Å². The van der Waals surface area contributed by atoms with E-state index in [1.807, 2.05) is 0 Å². The van der Waals surface area contributed by atoms with Crippen molar-refractivity contribution in [3.05, 3.63) is 12.7 Å². The summed E-state index contributed by atoms with van der Waals surface area (Å²) in [5.74, 6) is 0.524. The minimum absolute atomic E-state index is 0.175. The van der Waals surface area contributed by atoms with Crippen LogP contribution in [0.15, 0.2) is 12.7 Å². The predicted molar refractivity (Wildman–Crippen MR) is 41.4 cm³/mol. The number of nitrogens with one attached hydrogen (secondary N) is 1. The predicted octanol–water partition coefficient (Wildman–Crippen LogP) is 0.601. The third-order valence-electron chi connectivity index (χ3n) is 1.53. The zero-order valence-electron chi connectivity index (χ0n) is 6.32. The van der Waals surface area contributed by atoms with Crippen LogP contribution in [-0.4, -0.2) is 26.8 Å². The van der Waals surface area contributed by atoms with Crippen LogP contribution in [0.5, 0.6) is 0 Å². The van der Waals surface area contributed by atoms with E-state index < -0.39 is 0 Å². The highest BCUT2D eigenvalue weighted by Crippen LogP contribution is 2.15. The first-order valence-electron chi connectivity index (χ1n) is 3.35. The van der Waals surface area contributed by atoms with E-state index in [0.717, 1.165) is 6.33 Å². The minimum Gasteiger partial charge on any atom is -0.371 e. The number of imidazole rings is 1. The number of aromatic nitrogens is 4. The summed E-state index contributed by atoms with van der Waals surface area (Å²) in [5, 5.41) is 2.79. The summed E-state index contributed by atoms with van der Waals surface area (Å²) in [6.07, 6.45) is 2.34. The van der Waals surface area contributed by atoms with E-state index in [1.165, 1.54) is 6.33 Å². The third kappa shape index (κ3) is 0.810. The van der Waals surface area contributed by atoms with Crippen LogP contribution in [0.25, 0.3) is 11.2 Å². The fraction of sp³-hybridized carbons (Fsp3) is 0.167. The molecule has 0 saturated carbocycles. The van der Waals surface area contributed by atoms with E-state index in [4.69, 9.17) is 0 Å². The molecule has 6 heteroatoms. The lowest BCUT2D eigenvalue weighted by molar-refractivity contribution is 0.381. The van der Waals surface area contributed by atoms with Crippen molar-refractivity contribution in [3.63, 3.8) is 0 Å². The van der Waals surface area contributed by atoms with Crippen LogP contribution in [0.2, 0.25) is 0 Å². The molecule has 12 heavy (non-hydrogen) atoms. The molecule has 2 aromatic rings. The summed E-state index contributed by atoms with van der Waals surface area (Å²) in [6, 6.07) is 0. The standard InChI is InChI=1S/C6H6FN5/c1-8-5-4-6(10-2-9-5)12(7)3-11-4/h2-3H,1H3,(H,8,9,10). The minimum atomic E-state index is 0.175. The first-order valence-corrected chi connectivity index (χ1v) is 3.35. The van der Waals surface area contributed by atoms with Crippen LogP contribution in [0, 0.1) is 0 Å². The third-order valence-corrected chi connectivity index (χ3v) is 1.53. The van der Waals surface area contributed by atoms with Crippen molar-refractivity contribution >= 4 is 17.0 Å². The zero-order valence-corrected chi connectivity index (χ0v) is 6.32. The zero-order chi connectivity index (χ0) is 8.55. The molecule has 2 aromatic heterocycles. The highest BCUT2D eigenvalue weighted by Gasteiger charge is 2.07. The Morgan fingerprint density at radius 3 is 3.00 bits per heavy atom. The second kappa shape index (κ2) is 2.40. The molecule has 0 saturated heterocycles. The summed E-state index contributed by atoms with van der Waals surface area (Å²) in [7, 11) is 1.69. The number of nitrogens with zero attached hydrogens (tertiary/aromatic N) is 4. The van der Waals surface area contributed by atoms with Crippen molar-refractivity contribution < 1.29 is 4.48 Å². The molecule has 0 unspecified atom stereocenters. The van der Waals surface area contributed by atoms with Gasteiger partial charge in [-0.05, 0) is 0 Å². The lowest BCUT2D eigenvalue weighted by atomic mass is 10.5. The number of anilines is 1. The van der Waals surface area contributed by atoms with Crippen LogP contribution in [0.4, 0.5) is 10.3 Å². The van der Waals surface area contributed by atoms with Crippen LogP contribution in [0.1, 0.15) is 0 Å². The van der Waals surface area contributed by atoms with Gasteiger partial charge in [0, 0.05) is 7.05 Å². The summed E-state index contributed by atoms with van der Waals surface area (Å²) >= 11 is 0. The Morgan fingerprint density at radius 2 is 2.25 bits per heavy atom. The molecule has 0 fully saturated rings. The van der Waals surface area contributed by atoms with E-state index in [1.54, 1.807) is 7.05 Å². The molecule has 0 radical (unpaired) electrons. The summed E-state index contributed by atoms with van der Waals surface area (Å²) in [5.41, 5.74) is 0.608. The van der Waals surface area contributed by atoms with E-state index in [0.29, 0.717) is 16.1 Å². The molecular formula is C6H6FN5. The molecule has 5 nitrogen and oxygen atoms in total. The Kier molecular flexibility index (Phi) is 1.39. The van der Waals surface area contributed by atoms with Crippen LogP contribution < -0.4 is 5.32 Å². The Morgan fingerprint density at radius 1 is 1.42 bits per heavy atom. The Hall–Kier alpha value is -1.72. The van der Waals surface area contributed by atoms with Gasteiger partial charge in [-0.25, -0.2) is 15.0 Å². The Balaban J connectivity index is 2.81. The van der Waals surface area contributed by atoms with Crippen molar-refractivity contribution in [1.82, 2.24) is 19.7 Å². The van der Waals surface area contributed by atoms with Gasteiger partial charge < -0.3 is 5.32 Å². The van der Waals surface area contributed by atoms with E-state index >= 15 is 0 Å². The van der Waals surface area contributed by atoms with Crippen LogP contribution >= 0.6 is 0 Å². The van der Waals surface area contributed by atoms with Crippen LogP contribution in [0.3, 0.4) is 0 Å². The largest absolute Gasteiger partial charge is 0.371 e. The smallest absolute Gasteiger partial charge is 0.195 e. The van der Waals surface area contributed by atoms with Gasteiger partial charge in [0.2, 0.25) is 0 Å². The summed E-state index contributed by atoms with van der Waals surface area (Å²) in [4.78, 5) is 11.7. The summed E-state index contributed by atoms with van der Waals surface area (Å²) in [6.45, 7) is 0. The van der Waals surface area contributed by atoms with Gasteiger partial charge in [0.25, 0.3) is 0 Å². The maximum absolute atomic E-state index is 12.8. The van der Waals surface area contributed by atoms with E-state index in [2.05, 4.69) is 20.3 Å². The number of fused-ring (bicyclic) bond motifs is 1. The molecule has 62 valence electrons. The number of hydrogen-bond donors (Lipinski definition) is 1. The normalized spacial score (nSPS) is 10.5. The number of halogens is 1. The first-order chi connectivity index (χ1) is 5.83. The van der Waals surface area contributed by atoms with Crippen molar-refractivity contribution in [2.75, 3.05) is 12.4 Å². The number of hydrogen-bond acceptors (Lipinski definition) is 4. The monoisotopic (exact) mass is 167 g/mol. The fourth-order valence-corrected chi connectivity index (χ4v) is 0.991. The molecule has 0 bridgehead atoms. The fourth-order valence-electron chi connectivity index (χ4n) is 0.991. The highest BCUT2D eigenvalue weighted by molar-refractivity contribution is 5.82. The van der Waals surface area contributed by atoms with Crippen LogP contribution in [-0.2, 0) is 0 Å². The average Bonchev–Trinajstić information content (AvgIpc) is 2.48. The Bertz CT molecular complexity index is 409. The number of rotatable bonds is 1. The molecule has 0 spiro atoms. The van der Waals surface area contributed by atoms with Crippen molar-refractivity contribution in [3.8, 4) is 0 Å². The molecule has 1 N–H and O–H groups in total. The summed E-state index contributed by atoms with van der Waals surface area (Å²) < 4.78 is 12.8. The molecule has 2 rings (SSSR count). The quantitative estimate of drug-likeness (QED) is 0.675. The van der Waals surface area contributed by atoms with E-state index in [-0.39, 0.29) is 5.65 Å². The van der Waals surface area contributed by atoms with Gasteiger partial charge in [-0.2, -0.15) is 0 Å².